The molecule has 0 radical (unpaired) electrons. The van der Waals surface area contributed by atoms with Crippen molar-refractivity contribution < 1.29 is 37.4 Å². The van der Waals surface area contributed by atoms with Crippen LogP contribution in [0.1, 0.15) is 46.2 Å². The fourth-order valence-corrected chi connectivity index (χ4v) is 4.79. The summed E-state index contributed by atoms with van der Waals surface area (Å²) < 4.78 is 34.8. The number of rotatable bonds is 10. The number of hydrogen-bond donors (Lipinski definition) is 3. The minimum absolute atomic E-state index is 0.0119. The first kappa shape index (κ1) is 25.1. The molecule has 2 rings (SSSR count). The first-order valence-corrected chi connectivity index (χ1v) is 12.3. The van der Waals surface area contributed by atoms with Gasteiger partial charge in [-0.2, -0.15) is 0 Å². The van der Waals surface area contributed by atoms with Gasteiger partial charge in [0.05, 0.1) is 31.1 Å². The van der Waals surface area contributed by atoms with Crippen LogP contribution in [0.25, 0.3) is 0 Å². The summed E-state index contributed by atoms with van der Waals surface area (Å²) in [6.45, 7) is 3.33. The Morgan fingerprint density at radius 1 is 1.22 bits per heavy atom. The fraction of sp³-hybridized carbons (Fsp3) is 0.350. The summed E-state index contributed by atoms with van der Waals surface area (Å²) in [6, 6.07) is 3.75. The largest absolute Gasteiger partial charge is 0.493 e. The molecular formula is C20H24N2O8S2. The molecule has 3 N–H and O–H groups in total. The number of nitrogens with one attached hydrogen (secondary N) is 2. The van der Waals surface area contributed by atoms with E-state index >= 15 is 0 Å². The molecule has 0 saturated heterocycles. The Bertz CT molecular complexity index is 1120. The van der Waals surface area contributed by atoms with Gasteiger partial charge in [0.2, 0.25) is 5.91 Å². The maximum Gasteiger partial charge on any atom is 0.339 e. The van der Waals surface area contributed by atoms with Gasteiger partial charge in [-0.25, -0.2) is 13.2 Å². The predicted octanol–water partition coefficient (Wildman–Crippen LogP) is 2.33. The van der Waals surface area contributed by atoms with Crippen molar-refractivity contribution in [1.82, 2.24) is 5.32 Å². The second kappa shape index (κ2) is 10.5. The predicted molar refractivity (Wildman–Crippen MR) is 120 cm³/mol. The zero-order valence-corrected chi connectivity index (χ0v) is 19.6. The van der Waals surface area contributed by atoms with Crippen molar-refractivity contribution >= 4 is 44.0 Å². The van der Waals surface area contributed by atoms with E-state index in [1.807, 2.05) is 0 Å². The smallest absolute Gasteiger partial charge is 0.339 e. The first-order chi connectivity index (χ1) is 15.0. The lowest BCUT2D eigenvalue weighted by Crippen LogP contribution is -2.33. The van der Waals surface area contributed by atoms with Crippen LogP contribution in [-0.4, -0.2) is 57.0 Å². The van der Waals surface area contributed by atoms with Crippen molar-refractivity contribution in [2.24, 2.45) is 0 Å². The van der Waals surface area contributed by atoms with Crippen molar-refractivity contribution in [3.05, 3.63) is 40.3 Å². The van der Waals surface area contributed by atoms with Crippen LogP contribution >= 0.6 is 11.3 Å². The number of carboxylic acid groups (broad SMARTS) is 1. The number of aromatic carboxylic acids is 1. The molecule has 10 nitrogen and oxygen atoms in total. The molecule has 1 heterocycles. The van der Waals surface area contributed by atoms with Gasteiger partial charge in [-0.3, -0.25) is 9.59 Å². The summed E-state index contributed by atoms with van der Waals surface area (Å²) in [5.74, 6) is -2.30. The third-order valence-electron chi connectivity index (χ3n) is 4.20. The lowest BCUT2D eigenvalue weighted by molar-refractivity contribution is -0.114. The molecule has 32 heavy (non-hydrogen) atoms. The summed E-state index contributed by atoms with van der Waals surface area (Å²) in [6.07, 6.45) is 1.03. The first-order valence-electron chi connectivity index (χ1n) is 9.38. The van der Waals surface area contributed by atoms with Gasteiger partial charge < -0.3 is 25.2 Å². The van der Waals surface area contributed by atoms with Crippen molar-refractivity contribution in [3.63, 3.8) is 0 Å². The lowest BCUT2D eigenvalue weighted by Gasteiger charge is -2.20. The van der Waals surface area contributed by atoms with Gasteiger partial charge in [-0.05, 0) is 24.6 Å². The SMILES string of the molecule is CCOc1cc([C@@H](CS(C)(=O)=O)NC(=O)c2csc(NC(C)=O)c2C(=O)O)ccc1OC. The van der Waals surface area contributed by atoms with Gasteiger partial charge >= 0.3 is 5.97 Å². The summed E-state index contributed by atoms with van der Waals surface area (Å²) in [5, 5.41) is 15.8. The Balaban J connectivity index is 2.45. The minimum Gasteiger partial charge on any atom is -0.493 e. The van der Waals surface area contributed by atoms with E-state index in [0.717, 1.165) is 17.6 Å². The highest BCUT2D eigenvalue weighted by molar-refractivity contribution is 7.90. The molecule has 2 aromatic rings. The summed E-state index contributed by atoms with van der Waals surface area (Å²) >= 11 is 0.883. The summed E-state index contributed by atoms with van der Waals surface area (Å²) in [7, 11) is -2.07. The molecule has 1 aromatic carbocycles. The van der Waals surface area contributed by atoms with Gasteiger partial charge in [-0.15, -0.1) is 11.3 Å². The van der Waals surface area contributed by atoms with E-state index in [-0.39, 0.29) is 16.1 Å². The topological polar surface area (TPSA) is 148 Å². The maximum atomic E-state index is 12.9. The fourth-order valence-electron chi connectivity index (χ4n) is 2.93. The minimum atomic E-state index is -3.53. The van der Waals surface area contributed by atoms with Crippen LogP contribution < -0.4 is 20.1 Å². The number of anilines is 1. The molecule has 0 aliphatic rings. The molecule has 0 spiro atoms. The Labute approximate surface area is 189 Å². The molecule has 0 bridgehead atoms. The maximum absolute atomic E-state index is 12.9. The monoisotopic (exact) mass is 484 g/mol. The molecule has 0 saturated carbocycles. The molecule has 1 atom stereocenters. The number of carboxylic acids is 1. The van der Waals surface area contributed by atoms with Crippen LogP contribution in [0.5, 0.6) is 11.5 Å². The van der Waals surface area contributed by atoms with E-state index in [2.05, 4.69) is 10.6 Å². The molecule has 0 aliphatic carbocycles. The molecule has 0 aliphatic heterocycles. The van der Waals surface area contributed by atoms with E-state index in [0.29, 0.717) is 23.7 Å². The van der Waals surface area contributed by atoms with Crippen molar-refractivity contribution in [2.75, 3.05) is 31.0 Å². The van der Waals surface area contributed by atoms with E-state index in [4.69, 9.17) is 9.47 Å². The lowest BCUT2D eigenvalue weighted by atomic mass is 10.1. The molecule has 174 valence electrons. The highest BCUT2D eigenvalue weighted by Gasteiger charge is 2.27. The Morgan fingerprint density at radius 3 is 2.44 bits per heavy atom. The van der Waals surface area contributed by atoms with Gasteiger partial charge in [0, 0.05) is 18.6 Å². The van der Waals surface area contributed by atoms with Crippen molar-refractivity contribution in [2.45, 2.75) is 19.9 Å². The molecule has 12 heteroatoms. The van der Waals surface area contributed by atoms with Crippen LogP contribution in [0.3, 0.4) is 0 Å². The highest BCUT2D eigenvalue weighted by Crippen LogP contribution is 2.32. The number of methoxy groups -OCH3 is 1. The zero-order valence-electron chi connectivity index (χ0n) is 17.9. The van der Waals surface area contributed by atoms with E-state index in [1.165, 1.54) is 19.4 Å². The average molecular weight is 485 g/mol. The number of carbonyl (C=O) groups excluding carboxylic acids is 2. The van der Waals surface area contributed by atoms with Gasteiger partial charge in [0.25, 0.3) is 5.91 Å². The number of thiophene rings is 1. The molecular weight excluding hydrogens is 460 g/mol. The van der Waals surface area contributed by atoms with E-state index < -0.39 is 39.4 Å². The van der Waals surface area contributed by atoms with Gasteiger partial charge in [0.1, 0.15) is 20.4 Å². The van der Waals surface area contributed by atoms with E-state index in [1.54, 1.807) is 25.1 Å². The zero-order chi connectivity index (χ0) is 24.1. The number of carbonyl (C=O) groups is 3. The molecule has 2 amide bonds. The van der Waals surface area contributed by atoms with Crippen molar-refractivity contribution in [1.29, 1.82) is 0 Å². The number of hydrogen-bond acceptors (Lipinski definition) is 8. The van der Waals surface area contributed by atoms with Crippen LogP contribution in [0.2, 0.25) is 0 Å². The van der Waals surface area contributed by atoms with Crippen LogP contribution in [0, 0.1) is 0 Å². The summed E-state index contributed by atoms with van der Waals surface area (Å²) in [4.78, 5) is 36.0. The number of ether oxygens (including phenoxy) is 2. The second-order valence-electron chi connectivity index (χ2n) is 6.80. The molecule has 0 unspecified atom stereocenters. The van der Waals surface area contributed by atoms with Crippen LogP contribution in [-0.2, 0) is 14.6 Å². The number of sulfone groups is 1. The third kappa shape index (κ3) is 6.44. The quantitative estimate of drug-likeness (QED) is 0.465. The molecule has 1 aromatic heterocycles. The van der Waals surface area contributed by atoms with E-state index in [9.17, 15) is 27.9 Å². The Morgan fingerprint density at radius 2 is 1.91 bits per heavy atom. The van der Waals surface area contributed by atoms with Crippen LogP contribution in [0.4, 0.5) is 5.00 Å². The van der Waals surface area contributed by atoms with Crippen molar-refractivity contribution in [3.8, 4) is 11.5 Å². The molecule has 0 fully saturated rings. The standard InChI is InChI=1S/C20H24N2O8S2/c1-5-30-16-8-12(6-7-15(16)29-3)14(10-32(4,27)28)22-18(24)13-9-31-19(21-11(2)23)17(13)20(25)26/h6-9,14H,5,10H2,1-4H3,(H,21,23)(H,22,24)(H,25,26)/t14-/m1/s1. The second-order valence-corrected chi connectivity index (χ2v) is 9.87. The Kier molecular flexibility index (Phi) is 8.22. The Hall–Kier alpha value is -3.12. The average Bonchev–Trinajstić information content (AvgIpc) is 3.10. The number of benzene rings is 1. The highest BCUT2D eigenvalue weighted by atomic mass is 32.2. The van der Waals surface area contributed by atoms with Crippen LogP contribution in [0.15, 0.2) is 23.6 Å². The number of amides is 2. The third-order valence-corrected chi connectivity index (χ3v) is 6.04. The normalized spacial score (nSPS) is 12.0. The van der Waals surface area contributed by atoms with Gasteiger partial charge in [0.15, 0.2) is 11.5 Å². The summed E-state index contributed by atoms with van der Waals surface area (Å²) in [5.41, 5.74) is -0.129. The van der Waals surface area contributed by atoms with Gasteiger partial charge in [-0.1, -0.05) is 6.07 Å².